The quantitative estimate of drug-likeness (QED) is 0.658. The van der Waals surface area contributed by atoms with Crippen molar-refractivity contribution in [3.63, 3.8) is 0 Å². The molecule has 0 atom stereocenters. The Kier molecular flexibility index (Phi) is 2.21. The Hall–Kier alpha value is -1.05. The zero-order chi connectivity index (χ0) is 9.26. The van der Waals surface area contributed by atoms with Crippen LogP contribution < -0.4 is 0 Å². The molecule has 2 heteroatoms. The molecule has 0 N–H and O–H groups in total. The van der Waals surface area contributed by atoms with Crippen LogP contribution in [-0.4, -0.2) is 0 Å². The van der Waals surface area contributed by atoms with Crippen LogP contribution in [0.4, 0.5) is 0 Å². The molecule has 0 unspecified atom stereocenters. The van der Waals surface area contributed by atoms with Gasteiger partial charge in [-0.15, -0.1) is 0 Å². The molecule has 0 saturated carbocycles. The van der Waals surface area contributed by atoms with Gasteiger partial charge in [0.25, 0.3) is 0 Å². The summed E-state index contributed by atoms with van der Waals surface area (Å²) in [6, 6.07) is 11.3. The maximum Gasteiger partial charge on any atom is 0.107 e. The zero-order valence-corrected chi connectivity index (χ0v) is 7.71. The fourth-order valence-corrected chi connectivity index (χ4v) is 1.63. The lowest BCUT2D eigenvalue weighted by atomic mass is 10.1. The molecular formula is C11H8ClO. The van der Waals surface area contributed by atoms with Crippen LogP contribution in [0, 0.1) is 0 Å². The van der Waals surface area contributed by atoms with E-state index in [1.54, 1.807) is 0 Å². The number of hydrogen-bond acceptors (Lipinski definition) is 0. The smallest absolute Gasteiger partial charge is 0.107 e. The Balaban J connectivity index is 2.72. The van der Waals surface area contributed by atoms with Crippen LogP contribution in [0.15, 0.2) is 36.4 Å². The number of fused-ring (bicyclic) bond motifs is 1. The molecule has 0 amide bonds. The Labute approximate surface area is 81.6 Å². The van der Waals surface area contributed by atoms with E-state index in [0.717, 1.165) is 21.4 Å². The maximum atomic E-state index is 10.6. The van der Waals surface area contributed by atoms with Crippen molar-refractivity contribution in [1.29, 1.82) is 0 Å². The van der Waals surface area contributed by atoms with Gasteiger partial charge in [-0.25, -0.2) is 5.11 Å². The third kappa shape index (κ3) is 1.53. The van der Waals surface area contributed by atoms with Gasteiger partial charge in [-0.1, -0.05) is 35.9 Å². The van der Waals surface area contributed by atoms with E-state index in [-0.39, 0.29) is 6.61 Å². The fourth-order valence-electron chi connectivity index (χ4n) is 1.38. The summed E-state index contributed by atoms with van der Waals surface area (Å²) in [5, 5.41) is 13.4. The first-order valence-corrected chi connectivity index (χ1v) is 4.44. The number of hydrogen-bond donors (Lipinski definition) is 0. The van der Waals surface area contributed by atoms with E-state index in [1.165, 1.54) is 0 Å². The second-order valence-electron chi connectivity index (χ2n) is 2.94. The molecule has 1 nitrogen and oxygen atoms in total. The molecule has 0 heterocycles. The number of halogens is 1. The molecule has 0 aliphatic rings. The first kappa shape index (κ1) is 8.54. The molecule has 0 saturated heterocycles. The van der Waals surface area contributed by atoms with Gasteiger partial charge < -0.3 is 0 Å². The summed E-state index contributed by atoms with van der Waals surface area (Å²) < 4.78 is 0. The van der Waals surface area contributed by atoms with Gasteiger partial charge in [0.2, 0.25) is 0 Å². The SMILES string of the molecule is [O]Cc1ccc2c(Cl)cccc2c1. The van der Waals surface area contributed by atoms with Crippen LogP contribution in [0.3, 0.4) is 0 Å². The van der Waals surface area contributed by atoms with Crippen molar-refractivity contribution in [2.45, 2.75) is 6.61 Å². The molecule has 0 bridgehead atoms. The van der Waals surface area contributed by atoms with Crippen LogP contribution in [0.1, 0.15) is 5.56 Å². The molecule has 0 aromatic heterocycles. The van der Waals surface area contributed by atoms with Gasteiger partial charge in [-0.3, -0.25) is 0 Å². The van der Waals surface area contributed by atoms with Crippen molar-refractivity contribution in [3.05, 3.63) is 47.0 Å². The van der Waals surface area contributed by atoms with Crippen LogP contribution in [-0.2, 0) is 11.7 Å². The first-order valence-electron chi connectivity index (χ1n) is 4.06. The van der Waals surface area contributed by atoms with Crippen molar-refractivity contribution >= 4 is 22.4 Å². The topological polar surface area (TPSA) is 19.9 Å². The first-order chi connectivity index (χ1) is 6.31. The summed E-state index contributed by atoms with van der Waals surface area (Å²) >= 11 is 5.97. The van der Waals surface area contributed by atoms with Gasteiger partial charge in [0.05, 0.1) is 0 Å². The van der Waals surface area contributed by atoms with Gasteiger partial charge in [0.1, 0.15) is 6.61 Å². The largest absolute Gasteiger partial charge is 0.232 e. The number of rotatable bonds is 1. The second kappa shape index (κ2) is 3.36. The molecule has 0 spiro atoms. The molecule has 0 aliphatic carbocycles. The standard InChI is InChI=1S/C11H8ClO/c12-11-3-1-2-9-6-8(7-13)4-5-10(9)11/h1-6H,7H2. The lowest BCUT2D eigenvalue weighted by Gasteiger charge is -2.01. The molecular weight excluding hydrogens is 184 g/mol. The summed E-state index contributed by atoms with van der Waals surface area (Å²) in [7, 11) is 0. The third-order valence-corrected chi connectivity index (χ3v) is 2.39. The Morgan fingerprint density at radius 3 is 2.77 bits per heavy atom. The van der Waals surface area contributed by atoms with Crippen molar-refractivity contribution in [3.8, 4) is 0 Å². The Morgan fingerprint density at radius 2 is 2.00 bits per heavy atom. The van der Waals surface area contributed by atoms with E-state index in [1.807, 2.05) is 36.4 Å². The van der Waals surface area contributed by atoms with E-state index in [0.29, 0.717) is 0 Å². The molecule has 1 radical (unpaired) electrons. The minimum Gasteiger partial charge on any atom is -0.232 e. The highest BCUT2D eigenvalue weighted by Gasteiger charge is 1.98. The van der Waals surface area contributed by atoms with Crippen molar-refractivity contribution < 1.29 is 5.11 Å². The minimum atomic E-state index is -0.178. The normalized spacial score (nSPS) is 10.6. The molecule has 2 aromatic rings. The molecule has 2 aromatic carbocycles. The summed E-state index contributed by atoms with van der Waals surface area (Å²) in [5.41, 5.74) is 0.801. The molecule has 0 fully saturated rings. The summed E-state index contributed by atoms with van der Waals surface area (Å²) in [6.07, 6.45) is 0. The second-order valence-corrected chi connectivity index (χ2v) is 3.35. The minimum absolute atomic E-state index is 0.178. The van der Waals surface area contributed by atoms with Crippen LogP contribution >= 0.6 is 11.6 Å². The maximum absolute atomic E-state index is 10.6. The van der Waals surface area contributed by atoms with E-state index in [4.69, 9.17) is 11.6 Å². The van der Waals surface area contributed by atoms with E-state index in [9.17, 15) is 5.11 Å². The predicted octanol–water partition coefficient (Wildman–Crippen LogP) is 3.42. The van der Waals surface area contributed by atoms with E-state index in [2.05, 4.69) is 0 Å². The highest BCUT2D eigenvalue weighted by atomic mass is 35.5. The summed E-state index contributed by atoms with van der Waals surface area (Å²) in [6.45, 7) is -0.178. The molecule has 13 heavy (non-hydrogen) atoms. The van der Waals surface area contributed by atoms with E-state index >= 15 is 0 Å². The van der Waals surface area contributed by atoms with E-state index < -0.39 is 0 Å². The average molecular weight is 192 g/mol. The summed E-state index contributed by atoms with van der Waals surface area (Å²) in [5.74, 6) is 0. The highest BCUT2D eigenvalue weighted by Crippen LogP contribution is 2.23. The van der Waals surface area contributed by atoms with Gasteiger partial charge in [0.15, 0.2) is 0 Å². The fraction of sp³-hybridized carbons (Fsp3) is 0.0909. The molecule has 2 rings (SSSR count). The van der Waals surface area contributed by atoms with Crippen LogP contribution in [0.2, 0.25) is 5.02 Å². The monoisotopic (exact) mass is 191 g/mol. The highest BCUT2D eigenvalue weighted by molar-refractivity contribution is 6.35. The van der Waals surface area contributed by atoms with Crippen LogP contribution in [0.5, 0.6) is 0 Å². The lowest BCUT2D eigenvalue weighted by molar-refractivity contribution is 0.177. The van der Waals surface area contributed by atoms with Crippen molar-refractivity contribution in [2.24, 2.45) is 0 Å². The van der Waals surface area contributed by atoms with Gasteiger partial charge >= 0.3 is 0 Å². The van der Waals surface area contributed by atoms with Gasteiger partial charge in [0, 0.05) is 10.4 Å². The Bertz CT molecular complexity index is 437. The van der Waals surface area contributed by atoms with Crippen molar-refractivity contribution in [1.82, 2.24) is 0 Å². The lowest BCUT2D eigenvalue weighted by Crippen LogP contribution is -1.81. The van der Waals surface area contributed by atoms with Gasteiger partial charge in [-0.2, -0.15) is 0 Å². The molecule has 0 aliphatic heterocycles. The third-order valence-electron chi connectivity index (χ3n) is 2.06. The number of benzene rings is 2. The predicted molar refractivity (Wildman–Crippen MR) is 53.3 cm³/mol. The van der Waals surface area contributed by atoms with Crippen LogP contribution in [0.25, 0.3) is 10.8 Å². The van der Waals surface area contributed by atoms with Crippen molar-refractivity contribution in [2.75, 3.05) is 0 Å². The average Bonchev–Trinajstić information content (AvgIpc) is 2.18. The summed E-state index contributed by atoms with van der Waals surface area (Å²) in [4.78, 5) is 0. The zero-order valence-electron chi connectivity index (χ0n) is 6.96. The molecule has 65 valence electrons. The van der Waals surface area contributed by atoms with Gasteiger partial charge in [-0.05, 0) is 23.1 Å². The Morgan fingerprint density at radius 1 is 1.15 bits per heavy atom.